The van der Waals surface area contributed by atoms with Crippen LogP contribution in [0.4, 0.5) is 4.39 Å². The van der Waals surface area contributed by atoms with E-state index in [1.165, 1.54) is 6.07 Å². The number of ether oxygens (including phenoxy) is 1. The maximum absolute atomic E-state index is 13.1. The van der Waals surface area contributed by atoms with Crippen molar-refractivity contribution < 1.29 is 9.13 Å². The molecule has 0 aliphatic carbocycles. The van der Waals surface area contributed by atoms with Crippen LogP contribution in [0.2, 0.25) is 0 Å². The van der Waals surface area contributed by atoms with Gasteiger partial charge in [-0.15, -0.1) is 0 Å². The zero-order valence-electron chi connectivity index (χ0n) is 9.58. The second-order valence-corrected chi connectivity index (χ2v) is 4.87. The quantitative estimate of drug-likeness (QED) is 0.852. The van der Waals surface area contributed by atoms with E-state index in [4.69, 9.17) is 10.5 Å². The normalized spacial score (nSPS) is 24.3. The van der Waals surface area contributed by atoms with Crippen LogP contribution in [0.3, 0.4) is 0 Å². The van der Waals surface area contributed by atoms with Gasteiger partial charge in [-0.05, 0) is 37.5 Å². The van der Waals surface area contributed by atoms with Crippen molar-refractivity contribution in [1.29, 1.82) is 0 Å². The molecule has 2 atom stereocenters. The van der Waals surface area contributed by atoms with Gasteiger partial charge in [-0.25, -0.2) is 4.39 Å². The van der Waals surface area contributed by atoms with Crippen LogP contribution in [0.15, 0.2) is 24.3 Å². The molecule has 1 aliphatic rings. The van der Waals surface area contributed by atoms with E-state index in [9.17, 15) is 4.39 Å². The SMILES string of the molecule is CC(N)(Cc1cccc(F)c1)C1CCOC1. The first kappa shape index (κ1) is 11.6. The van der Waals surface area contributed by atoms with E-state index in [0.29, 0.717) is 12.3 Å². The van der Waals surface area contributed by atoms with Crippen molar-refractivity contribution >= 4 is 0 Å². The third-order valence-corrected chi connectivity index (χ3v) is 3.34. The van der Waals surface area contributed by atoms with Crippen molar-refractivity contribution in [2.45, 2.75) is 25.3 Å². The van der Waals surface area contributed by atoms with Crippen molar-refractivity contribution in [2.75, 3.05) is 13.2 Å². The van der Waals surface area contributed by atoms with Gasteiger partial charge in [0.25, 0.3) is 0 Å². The van der Waals surface area contributed by atoms with Gasteiger partial charge in [0.15, 0.2) is 0 Å². The van der Waals surface area contributed by atoms with Crippen LogP contribution < -0.4 is 5.73 Å². The lowest BCUT2D eigenvalue weighted by molar-refractivity contribution is 0.166. The Morgan fingerprint density at radius 1 is 1.56 bits per heavy atom. The first-order chi connectivity index (χ1) is 7.58. The molecule has 0 bridgehead atoms. The van der Waals surface area contributed by atoms with Crippen molar-refractivity contribution in [3.63, 3.8) is 0 Å². The molecule has 1 aliphatic heterocycles. The third-order valence-electron chi connectivity index (χ3n) is 3.34. The van der Waals surface area contributed by atoms with Gasteiger partial charge in [-0.1, -0.05) is 12.1 Å². The van der Waals surface area contributed by atoms with Crippen molar-refractivity contribution in [1.82, 2.24) is 0 Å². The highest BCUT2D eigenvalue weighted by Gasteiger charge is 2.33. The molecule has 0 aromatic heterocycles. The van der Waals surface area contributed by atoms with Gasteiger partial charge in [-0.3, -0.25) is 0 Å². The highest BCUT2D eigenvalue weighted by molar-refractivity contribution is 5.19. The van der Waals surface area contributed by atoms with E-state index in [1.807, 2.05) is 13.0 Å². The van der Waals surface area contributed by atoms with E-state index in [0.717, 1.165) is 25.2 Å². The third kappa shape index (κ3) is 2.60. The molecular weight excluding hydrogens is 205 g/mol. The van der Waals surface area contributed by atoms with Gasteiger partial charge in [0.2, 0.25) is 0 Å². The lowest BCUT2D eigenvalue weighted by atomic mass is 9.81. The summed E-state index contributed by atoms with van der Waals surface area (Å²) in [6.07, 6.45) is 1.70. The molecule has 2 unspecified atom stereocenters. The Kier molecular flexibility index (Phi) is 3.26. The van der Waals surface area contributed by atoms with E-state index in [2.05, 4.69) is 0 Å². The highest BCUT2D eigenvalue weighted by atomic mass is 19.1. The Morgan fingerprint density at radius 2 is 2.38 bits per heavy atom. The number of hydrogen-bond acceptors (Lipinski definition) is 2. The Morgan fingerprint density at radius 3 is 3.00 bits per heavy atom. The molecule has 0 amide bonds. The molecule has 1 heterocycles. The maximum Gasteiger partial charge on any atom is 0.123 e. The lowest BCUT2D eigenvalue weighted by Crippen LogP contribution is -2.46. The molecule has 1 fully saturated rings. The summed E-state index contributed by atoms with van der Waals surface area (Å²) in [4.78, 5) is 0. The lowest BCUT2D eigenvalue weighted by Gasteiger charge is -2.30. The Balaban J connectivity index is 2.07. The fourth-order valence-electron chi connectivity index (χ4n) is 2.29. The fraction of sp³-hybridized carbons (Fsp3) is 0.538. The topological polar surface area (TPSA) is 35.2 Å². The van der Waals surface area contributed by atoms with Gasteiger partial charge in [0.05, 0.1) is 6.61 Å². The minimum Gasteiger partial charge on any atom is -0.381 e. The minimum atomic E-state index is -0.315. The fourth-order valence-corrected chi connectivity index (χ4v) is 2.29. The Bertz CT molecular complexity index is 359. The zero-order chi connectivity index (χ0) is 11.6. The van der Waals surface area contributed by atoms with Crippen LogP contribution in [0.5, 0.6) is 0 Å². The monoisotopic (exact) mass is 223 g/mol. The summed E-state index contributed by atoms with van der Waals surface area (Å²) in [6.45, 7) is 3.54. The van der Waals surface area contributed by atoms with Gasteiger partial charge in [0, 0.05) is 18.1 Å². The summed E-state index contributed by atoms with van der Waals surface area (Å²) < 4.78 is 18.4. The smallest absolute Gasteiger partial charge is 0.123 e. The summed E-state index contributed by atoms with van der Waals surface area (Å²) in [5.41, 5.74) is 6.94. The molecule has 88 valence electrons. The maximum atomic E-state index is 13.1. The van der Waals surface area contributed by atoms with Crippen LogP contribution in [0.1, 0.15) is 18.9 Å². The molecular formula is C13H18FNO. The van der Waals surface area contributed by atoms with Gasteiger partial charge in [0.1, 0.15) is 5.82 Å². The summed E-state index contributed by atoms with van der Waals surface area (Å²) in [5.74, 6) is 0.173. The predicted octanol–water partition coefficient (Wildman–Crippen LogP) is 2.12. The van der Waals surface area contributed by atoms with Crippen molar-refractivity contribution in [3.05, 3.63) is 35.6 Å². The summed E-state index contributed by atoms with van der Waals surface area (Å²) >= 11 is 0. The molecule has 1 aromatic rings. The van der Waals surface area contributed by atoms with E-state index >= 15 is 0 Å². The zero-order valence-corrected chi connectivity index (χ0v) is 9.58. The van der Waals surface area contributed by atoms with Crippen LogP contribution in [-0.2, 0) is 11.2 Å². The molecule has 16 heavy (non-hydrogen) atoms. The van der Waals surface area contributed by atoms with Crippen LogP contribution in [0.25, 0.3) is 0 Å². The molecule has 2 N–H and O–H groups in total. The number of benzene rings is 1. The first-order valence-corrected chi connectivity index (χ1v) is 5.69. The second-order valence-electron chi connectivity index (χ2n) is 4.87. The largest absolute Gasteiger partial charge is 0.381 e. The van der Waals surface area contributed by atoms with Crippen molar-refractivity contribution in [3.8, 4) is 0 Å². The van der Waals surface area contributed by atoms with Crippen LogP contribution >= 0.6 is 0 Å². The van der Waals surface area contributed by atoms with E-state index in [1.54, 1.807) is 12.1 Å². The number of halogens is 1. The standard InChI is InChI=1S/C13H18FNO/c1-13(15,11-5-6-16-9-11)8-10-3-2-4-12(14)7-10/h2-4,7,11H,5-6,8-9,15H2,1H3. The average Bonchev–Trinajstić information content (AvgIpc) is 2.69. The van der Waals surface area contributed by atoms with E-state index in [-0.39, 0.29) is 11.4 Å². The molecule has 1 aromatic carbocycles. The molecule has 0 radical (unpaired) electrons. The van der Waals surface area contributed by atoms with Gasteiger partial charge >= 0.3 is 0 Å². The number of rotatable bonds is 3. The summed E-state index contributed by atoms with van der Waals surface area (Å²) in [6, 6.07) is 6.66. The predicted molar refractivity (Wildman–Crippen MR) is 61.6 cm³/mol. The van der Waals surface area contributed by atoms with Crippen LogP contribution in [-0.4, -0.2) is 18.8 Å². The molecule has 2 rings (SSSR count). The Hall–Kier alpha value is -0.930. The van der Waals surface area contributed by atoms with Crippen molar-refractivity contribution in [2.24, 2.45) is 11.7 Å². The minimum absolute atomic E-state index is 0.198. The van der Waals surface area contributed by atoms with Crippen LogP contribution in [0, 0.1) is 11.7 Å². The molecule has 0 saturated carbocycles. The van der Waals surface area contributed by atoms with Gasteiger partial charge < -0.3 is 10.5 Å². The highest BCUT2D eigenvalue weighted by Crippen LogP contribution is 2.27. The summed E-state index contributed by atoms with van der Waals surface area (Å²) in [7, 11) is 0. The molecule has 0 spiro atoms. The second kappa shape index (κ2) is 4.52. The van der Waals surface area contributed by atoms with E-state index < -0.39 is 0 Å². The van der Waals surface area contributed by atoms with Gasteiger partial charge in [-0.2, -0.15) is 0 Å². The first-order valence-electron chi connectivity index (χ1n) is 5.69. The molecule has 2 nitrogen and oxygen atoms in total. The Labute approximate surface area is 95.6 Å². The average molecular weight is 223 g/mol. The summed E-state index contributed by atoms with van der Waals surface area (Å²) in [5, 5.41) is 0. The number of nitrogens with two attached hydrogens (primary N) is 1. The number of hydrogen-bond donors (Lipinski definition) is 1. The molecule has 3 heteroatoms. The molecule has 1 saturated heterocycles.